The van der Waals surface area contributed by atoms with E-state index in [1.165, 1.54) is 25.7 Å². The first-order valence-corrected chi connectivity index (χ1v) is 7.50. The topological polar surface area (TPSA) is 54.2 Å². The van der Waals surface area contributed by atoms with Gasteiger partial charge in [-0.2, -0.15) is 0 Å². The minimum absolute atomic E-state index is 0.658. The molecule has 1 aromatic heterocycles. The number of fused-ring (bicyclic) bond motifs is 2. The van der Waals surface area contributed by atoms with Crippen LogP contribution in [0.2, 0.25) is 0 Å². The predicted octanol–water partition coefficient (Wildman–Crippen LogP) is 2.05. The minimum atomic E-state index is 0.658. The van der Waals surface area contributed by atoms with Crippen molar-refractivity contribution in [2.45, 2.75) is 39.2 Å². The van der Waals surface area contributed by atoms with Crippen molar-refractivity contribution in [1.29, 1.82) is 0 Å². The Morgan fingerprint density at radius 2 is 2.21 bits per heavy atom. The number of nitrogens with zero attached hydrogens (tertiary/aromatic N) is 3. The van der Waals surface area contributed by atoms with E-state index in [0.717, 1.165) is 30.8 Å². The highest BCUT2D eigenvalue weighted by Crippen LogP contribution is 2.48. The zero-order chi connectivity index (χ0) is 13.2. The third kappa shape index (κ3) is 2.76. The molecule has 1 N–H and O–H groups in total. The van der Waals surface area contributed by atoms with Gasteiger partial charge in [-0.1, -0.05) is 18.4 Å². The van der Waals surface area contributed by atoms with Crippen molar-refractivity contribution >= 4 is 6.01 Å². The van der Waals surface area contributed by atoms with E-state index in [9.17, 15) is 0 Å². The summed E-state index contributed by atoms with van der Waals surface area (Å²) in [5.74, 6) is 3.44. The van der Waals surface area contributed by atoms with Crippen LogP contribution in [-0.4, -0.2) is 30.3 Å². The first-order valence-electron chi connectivity index (χ1n) is 7.50. The quantitative estimate of drug-likeness (QED) is 0.852. The van der Waals surface area contributed by atoms with Gasteiger partial charge in [-0.05, 0) is 43.6 Å². The highest BCUT2D eigenvalue weighted by atomic mass is 16.4. The molecule has 3 rings (SSSR count). The molecule has 5 heteroatoms. The van der Waals surface area contributed by atoms with Gasteiger partial charge in [0.25, 0.3) is 0 Å². The largest absolute Gasteiger partial charge is 0.407 e. The zero-order valence-electron chi connectivity index (χ0n) is 11.9. The zero-order valence-corrected chi connectivity index (χ0v) is 11.9. The molecule has 3 unspecified atom stereocenters. The molecule has 2 aliphatic rings. The summed E-state index contributed by atoms with van der Waals surface area (Å²) in [5.41, 5.74) is 0. The summed E-state index contributed by atoms with van der Waals surface area (Å²) in [4.78, 5) is 2.13. The molecular formula is C14H24N4O. The maximum absolute atomic E-state index is 5.68. The van der Waals surface area contributed by atoms with Gasteiger partial charge >= 0.3 is 6.01 Å². The number of hydrogen-bond donors (Lipinski definition) is 1. The summed E-state index contributed by atoms with van der Waals surface area (Å²) in [7, 11) is 2.07. The Balaban J connectivity index is 1.55. The van der Waals surface area contributed by atoms with E-state index in [2.05, 4.69) is 34.4 Å². The van der Waals surface area contributed by atoms with Crippen molar-refractivity contribution in [3.63, 3.8) is 0 Å². The Bertz CT molecular complexity index is 419. The normalized spacial score (nSPS) is 29.1. The van der Waals surface area contributed by atoms with Crippen molar-refractivity contribution in [2.24, 2.45) is 17.8 Å². The van der Waals surface area contributed by atoms with Crippen LogP contribution in [0, 0.1) is 17.8 Å². The first kappa shape index (κ1) is 12.9. The summed E-state index contributed by atoms with van der Waals surface area (Å²) in [6, 6.07) is 0.663. The molecule has 1 aromatic rings. The fraction of sp³-hybridized carbons (Fsp3) is 0.857. The molecule has 5 nitrogen and oxygen atoms in total. The lowest BCUT2D eigenvalue weighted by Gasteiger charge is -2.25. The molecule has 0 radical (unpaired) electrons. The van der Waals surface area contributed by atoms with E-state index >= 15 is 0 Å². The Labute approximate surface area is 114 Å². The van der Waals surface area contributed by atoms with Crippen molar-refractivity contribution < 1.29 is 4.42 Å². The van der Waals surface area contributed by atoms with Crippen LogP contribution in [0.5, 0.6) is 0 Å². The van der Waals surface area contributed by atoms with E-state index < -0.39 is 0 Å². The smallest absolute Gasteiger partial charge is 0.317 e. The van der Waals surface area contributed by atoms with Crippen molar-refractivity contribution in [2.75, 3.05) is 25.0 Å². The minimum Gasteiger partial charge on any atom is -0.407 e. The van der Waals surface area contributed by atoms with Gasteiger partial charge in [0.1, 0.15) is 0 Å². The maximum Gasteiger partial charge on any atom is 0.317 e. The van der Waals surface area contributed by atoms with E-state index in [1.54, 1.807) is 0 Å². The van der Waals surface area contributed by atoms with Crippen LogP contribution in [0.4, 0.5) is 6.01 Å². The van der Waals surface area contributed by atoms with E-state index in [1.807, 2.05) is 0 Å². The highest BCUT2D eigenvalue weighted by molar-refractivity contribution is 5.22. The standard InChI is InChI=1S/C14H24N4O/c1-3-15-8-13-16-17-14(19-13)18(2)9-12-7-10-4-5-11(12)6-10/h10-12,15H,3-9H2,1-2H3. The van der Waals surface area contributed by atoms with Crippen LogP contribution in [0.3, 0.4) is 0 Å². The van der Waals surface area contributed by atoms with Crippen molar-refractivity contribution in [1.82, 2.24) is 15.5 Å². The van der Waals surface area contributed by atoms with E-state index in [-0.39, 0.29) is 0 Å². The fourth-order valence-electron chi connectivity index (χ4n) is 3.73. The van der Waals surface area contributed by atoms with E-state index in [4.69, 9.17) is 4.42 Å². The second-order valence-electron chi connectivity index (χ2n) is 6.07. The molecule has 2 aliphatic carbocycles. The highest BCUT2D eigenvalue weighted by Gasteiger charge is 2.40. The Morgan fingerprint density at radius 3 is 2.89 bits per heavy atom. The lowest BCUT2D eigenvalue weighted by atomic mass is 9.88. The van der Waals surface area contributed by atoms with Crippen LogP contribution >= 0.6 is 0 Å². The summed E-state index contributed by atoms with van der Waals surface area (Å²) in [6.45, 7) is 4.70. The average Bonchev–Trinajstić information content (AvgIpc) is 3.12. The predicted molar refractivity (Wildman–Crippen MR) is 73.9 cm³/mol. The number of aromatic nitrogens is 2. The van der Waals surface area contributed by atoms with Gasteiger partial charge in [-0.25, -0.2) is 0 Å². The first-order chi connectivity index (χ1) is 9.26. The average molecular weight is 264 g/mol. The molecule has 2 fully saturated rings. The van der Waals surface area contributed by atoms with Crippen LogP contribution in [0.1, 0.15) is 38.5 Å². The summed E-state index contributed by atoms with van der Waals surface area (Å²) in [5, 5.41) is 11.4. The van der Waals surface area contributed by atoms with Gasteiger partial charge in [-0.3, -0.25) is 0 Å². The van der Waals surface area contributed by atoms with E-state index in [0.29, 0.717) is 18.5 Å². The Hall–Kier alpha value is -1.10. The third-order valence-electron chi connectivity index (χ3n) is 4.70. The molecule has 1 heterocycles. The molecular weight excluding hydrogens is 240 g/mol. The fourth-order valence-corrected chi connectivity index (χ4v) is 3.73. The number of hydrogen-bond acceptors (Lipinski definition) is 5. The molecule has 2 bridgehead atoms. The van der Waals surface area contributed by atoms with Gasteiger partial charge in [0.05, 0.1) is 6.54 Å². The third-order valence-corrected chi connectivity index (χ3v) is 4.70. The van der Waals surface area contributed by atoms with Crippen molar-refractivity contribution in [3.8, 4) is 0 Å². The molecule has 0 amide bonds. The molecule has 0 spiro atoms. The lowest BCUT2D eigenvalue weighted by Crippen LogP contribution is -2.28. The molecule has 2 saturated carbocycles. The molecule has 0 aromatic carbocycles. The maximum atomic E-state index is 5.68. The van der Waals surface area contributed by atoms with Crippen LogP contribution in [-0.2, 0) is 6.54 Å². The number of anilines is 1. The number of rotatable bonds is 6. The second kappa shape index (κ2) is 5.49. The van der Waals surface area contributed by atoms with Crippen LogP contribution in [0.25, 0.3) is 0 Å². The van der Waals surface area contributed by atoms with Gasteiger partial charge in [0, 0.05) is 13.6 Å². The molecule has 3 atom stereocenters. The summed E-state index contributed by atoms with van der Waals surface area (Å²) in [6.07, 6.45) is 5.73. The van der Waals surface area contributed by atoms with Crippen LogP contribution < -0.4 is 10.2 Å². The molecule has 0 aliphatic heterocycles. The molecule has 0 saturated heterocycles. The molecule has 19 heavy (non-hydrogen) atoms. The van der Waals surface area contributed by atoms with Gasteiger partial charge < -0.3 is 14.6 Å². The SMILES string of the molecule is CCNCc1nnc(N(C)CC2CC3CCC2C3)o1. The Kier molecular flexibility index (Phi) is 3.73. The van der Waals surface area contributed by atoms with Gasteiger partial charge in [-0.15, -0.1) is 5.10 Å². The Morgan fingerprint density at radius 1 is 1.32 bits per heavy atom. The van der Waals surface area contributed by atoms with Crippen LogP contribution in [0.15, 0.2) is 4.42 Å². The van der Waals surface area contributed by atoms with Gasteiger partial charge in [0.15, 0.2) is 0 Å². The lowest BCUT2D eigenvalue weighted by molar-refractivity contribution is 0.331. The van der Waals surface area contributed by atoms with Gasteiger partial charge in [0.2, 0.25) is 5.89 Å². The summed E-state index contributed by atoms with van der Waals surface area (Å²) < 4.78 is 5.68. The monoisotopic (exact) mass is 264 g/mol. The van der Waals surface area contributed by atoms with Crippen molar-refractivity contribution in [3.05, 3.63) is 5.89 Å². The second-order valence-corrected chi connectivity index (χ2v) is 6.07. The molecule has 106 valence electrons. The summed E-state index contributed by atoms with van der Waals surface area (Å²) >= 11 is 0. The number of nitrogens with one attached hydrogen (secondary N) is 1.